The molecular formula is C22H20ClF3N4O3S. The molecule has 3 aromatic carbocycles. The second-order valence-electron chi connectivity index (χ2n) is 6.88. The van der Waals surface area contributed by atoms with Gasteiger partial charge in [0.1, 0.15) is 0 Å². The second-order valence-corrected chi connectivity index (χ2v) is 8.09. The van der Waals surface area contributed by atoms with Crippen LogP contribution in [-0.2, 0) is 21.9 Å². The quantitative estimate of drug-likeness (QED) is 0.0930. The van der Waals surface area contributed by atoms with Crippen LogP contribution >= 0.6 is 23.6 Å². The first kappa shape index (κ1) is 25.8. The molecule has 0 aliphatic heterocycles. The fourth-order valence-corrected chi connectivity index (χ4v) is 3.57. The number of nitrogens with one attached hydrogen (secondary N) is 2. The molecule has 0 radical (unpaired) electrons. The molecule has 0 aromatic heterocycles. The summed E-state index contributed by atoms with van der Waals surface area (Å²) < 4.78 is 45.8. The highest BCUT2D eigenvalue weighted by molar-refractivity contribution is 7.94. The van der Waals surface area contributed by atoms with Crippen LogP contribution in [0.15, 0.2) is 76.6 Å². The molecule has 0 amide bonds. The standard InChI is InChI=1S/C22H20ClF3N4O3S/c23-16-2-1-3-17(13-16)29-21(30-31)15-6-9-20(19(12-15)22(24,25)26)28-11-10-14-4-7-18(8-5-14)34-33-32-27/h1-9,12-13,28,31H,10-11,27H2,(H,29,30). The second kappa shape index (κ2) is 12.1. The van der Waals surface area contributed by atoms with Crippen LogP contribution in [0.25, 0.3) is 0 Å². The van der Waals surface area contributed by atoms with E-state index in [1.807, 2.05) is 17.6 Å². The molecule has 0 bridgehead atoms. The van der Waals surface area contributed by atoms with E-state index in [9.17, 15) is 18.4 Å². The summed E-state index contributed by atoms with van der Waals surface area (Å²) >= 11 is 6.85. The Bertz CT molecular complexity index is 1130. The number of amidine groups is 1. The summed E-state index contributed by atoms with van der Waals surface area (Å²) in [5, 5.41) is 12.7. The smallest absolute Gasteiger partial charge is 0.384 e. The third-order valence-corrected chi connectivity index (χ3v) is 5.42. The SMILES string of the molecule is NOOSc1ccc(CCNc2ccc(C(=Nc3cccc(Cl)c3)NO)cc2C(F)(F)F)cc1. The van der Waals surface area contributed by atoms with Crippen molar-refractivity contribution in [1.82, 2.24) is 5.48 Å². The largest absolute Gasteiger partial charge is 0.418 e. The molecule has 12 heteroatoms. The van der Waals surface area contributed by atoms with Crippen LogP contribution in [0.1, 0.15) is 16.7 Å². The Kier molecular flexibility index (Phi) is 9.16. The summed E-state index contributed by atoms with van der Waals surface area (Å²) in [7, 11) is 0. The molecule has 0 fully saturated rings. The van der Waals surface area contributed by atoms with Gasteiger partial charge in [0, 0.05) is 27.7 Å². The van der Waals surface area contributed by atoms with Gasteiger partial charge in [-0.15, -0.1) is 9.32 Å². The van der Waals surface area contributed by atoms with E-state index in [1.165, 1.54) is 18.2 Å². The summed E-state index contributed by atoms with van der Waals surface area (Å²) in [6.07, 6.45) is -4.14. The average molecular weight is 513 g/mol. The van der Waals surface area contributed by atoms with Crippen molar-refractivity contribution in [3.63, 3.8) is 0 Å². The van der Waals surface area contributed by atoms with Crippen LogP contribution in [0.2, 0.25) is 5.02 Å². The van der Waals surface area contributed by atoms with E-state index in [-0.39, 0.29) is 23.6 Å². The molecular weight excluding hydrogens is 493 g/mol. The minimum absolute atomic E-state index is 0.0529. The molecule has 0 saturated heterocycles. The Morgan fingerprint density at radius 3 is 2.50 bits per heavy atom. The number of alkyl halides is 3. The molecule has 0 heterocycles. The van der Waals surface area contributed by atoms with Crippen molar-refractivity contribution in [3.8, 4) is 0 Å². The highest BCUT2D eigenvalue weighted by Crippen LogP contribution is 2.36. The lowest BCUT2D eigenvalue weighted by Gasteiger charge is -2.17. The van der Waals surface area contributed by atoms with Gasteiger partial charge in [0.2, 0.25) is 0 Å². The van der Waals surface area contributed by atoms with Gasteiger partial charge in [-0.3, -0.25) is 10.7 Å². The number of hydrogen-bond donors (Lipinski definition) is 4. The van der Waals surface area contributed by atoms with E-state index in [0.717, 1.165) is 28.6 Å². The third kappa shape index (κ3) is 7.35. The summed E-state index contributed by atoms with van der Waals surface area (Å²) in [5.74, 6) is 4.63. The van der Waals surface area contributed by atoms with Crippen molar-refractivity contribution in [2.75, 3.05) is 11.9 Å². The van der Waals surface area contributed by atoms with E-state index in [2.05, 4.69) is 19.6 Å². The predicted octanol–water partition coefficient (Wildman–Crippen LogP) is 5.90. The van der Waals surface area contributed by atoms with Crippen molar-refractivity contribution in [2.24, 2.45) is 10.9 Å². The maximum Gasteiger partial charge on any atom is 0.418 e. The van der Waals surface area contributed by atoms with Crippen LogP contribution < -0.4 is 16.7 Å². The maximum absolute atomic E-state index is 13.8. The molecule has 180 valence electrons. The molecule has 3 rings (SSSR count). The first-order valence-corrected chi connectivity index (χ1v) is 10.9. The number of nitrogens with zero attached hydrogens (tertiary/aromatic N) is 1. The van der Waals surface area contributed by atoms with Gasteiger partial charge >= 0.3 is 6.18 Å². The van der Waals surface area contributed by atoms with Crippen LogP contribution in [-0.4, -0.2) is 17.6 Å². The molecule has 0 aliphatic rings. The van der Waals surface area contributed by atoms with Gasteiger partial charge in [-0.2, -0.15) is 19.1 Å². The molecule has 3 aromatic rings. The van der Waals surface area contributed by atoms with Gasteiger partial charge in [-0.05, 0) is 60.5 Å². The maximum atomic E-state index is 13.8. The Balaban J connectivity index is 1.75. The molecule has 0 atom stereocenters. The van der Waals surface area contributed by atoms with E-state index in [1.54, 1.807) is 30.3 Å². The first-order chi connectivity index (χ1) is 16.3. The fourth-order valence-electron chi connectivity index (χ4n) is 3.02. The highest BCUT2D eigenvalue weighted by atomic mass is 35.5. The van der Waals surface area contributed by atoms with Crippen LogP contribution in [0.5, 0.6) is 0 Å². The van der Waals surface area contributed by atoms with Gasteiger partial charge in [-0.1, -0.05) is 29.8 Å². The minimum atomic E-state index is -4.63. The van der Waals surface area contributed by atoms with Gasteiger partial charge in [-0.25, -0.2) is 4.99 Å². The number of nitrogens with two attached hydrogens (primary N) is 1. The Morgan fingerprint density at radius 1 is 1.09 bits per heavy atom. The van der Waals surface area contributed by atoms with Gasteiger partial charge in [0.25, 0.3) is 0 Å². The predicted molar refractivity (Wildman–Crippen MR) is 125 cm³/mol. The first-order valence-electron chi connectivity index (χ1n) is 9.79. The lowest BCUT2D eigenvalue weighted by Crippen LogP contribution is -2.21. The molecule has 34 heavy (non-hydrogen) atoms. The van der Waals surface area contributed by atoms with Crippen LogP contribution in [0, 0.1) is 0 Å². The van der Waals surface area contributed by atoms with Crippen molar-refractivity contribution in [2.45, 2.75) is 17.5 Å². The van der Waals surface area contributed by atoms with Crippen molar-refractivity contribution in [3.05, 3.63) is 88.4 Å². The van der Waals surface area contributed by atoms with E-state index >= 15 is 0 Å². The monoisotopic (exact) mass is 512 g/mol. The number of hydrogen-bond acceptors (Lipinski definition) is 7. The van der Waals surface area contributed by atoms with Crippen molar-refractivity contribution < 1.29 is 27.7 Å². The molecule has 0 unspecified atom stereocenters. The van der Waals surface area contributed by atoms with Gasteiger partial charge in [0.15, 0.2) is 5.84 Å². The Hall–Kier alpha value is -2.80. The Labute approximate surface area is 202 Å². The Morgan fingerprint density at radius 2 is 1.85 bits per heavy atom. The van der Waals surface area contributed by atoms with Gasteiger partial charge in [0.05, 0.1) is 23.3 Å². The van der Waals surface area contributed by atoms with Crippen molar-refractivity contribution >= 4 is 40.9 Å². The molecule has 5 N–H and O–H groups in total. The van der Waals surface area contributed by atoms with E-state index < -0.39 is 11.7 Å². The summed E-state index contributed by atoms with van der Waals surface area (Å²) in [5.41, 5.74) is 2.22. The molecule has 0 aliphatic carbocycles. The number of benzene rings is 3. The number of hydroxylamine groups is 1. The lowest BCUT2D eigenvalue weighted by atomic mass is 10.1. The number of aliphatic imine (C=N–C) groups is 1. The number of anilines is 1. The topological polar surface area (TPSA) is 101 Å². The third-order valence-electron chi connectivity index (χ3n) is 4.58. The lowest BCUT2D eigenvalue weighted by molar-refractivity contribution is -0.195. The summed E-state index contributed by atoms with van der Waals surface area (Å²) in [6, 6.07) is 17.2. The summed E-state index contributed by atoms with van der Waals surface area (Å²) in [6.45, 7) is 0.263. The van der Waals surface area contributed by atoms with E-state index in [0.29, 0.717) is 17.1 Å². The molecule has 0 saturated carbocycles. The number of rotatable bonds is 9. The average Bonchev–Trinajstić information content (AvgIpc) is 2.81. The zero-order valence-corrected chi connectivity index (χ0v) is 19.0. The minimum Gasteiger partial charge on any atom is -0.384 e. The fraction of sp³-hybridized carbons (Fsp3) is 0.136. The van der Waals surface area contributed by atoms with Crippen LogP contribution in [0.3, 0.4) is 0 Å². The zero-order chi connectivity index (χ0) is 24.6. The van der Waals surface area contributed by atoms with Gasteiger partial charge < -0.3 is 5.32 Å². The van der Waals surface area contributed by atoms with E-state index in [4.69, 9.17) is 17.5 Å². The van der Waals surface area contributed by atoms with Crippen molar-refractivity contribution in [1.29, 1.82) is 0 Å². The zero-order valence-electron chi connectivity index (χ0n) is 17.5. The summed E-state index contributed by atoms with van der Waals surface area (Å²) in [4.78, 5) is 8.92. The normalized spacial score (nSPS) is 12.0. The molecule has 0 spiro atoms. The van der Waals surface area contributed by atoms with Crippen LogP contribution in [0.4, 0.5) is 24.5 Å². The number of halogens is 4. The highest BCUT2D eigenvalue weighted by Gasteiger charge is 2.34. The molecule has 7 nitrogen and oxygen atoms in total.